The molecule has 1 aliphatic heterocycles. The van der Waals surface area contributed by atoms with Gasteiger partial charge in [-0.3, -0.25) is 9.48 Å². The van der Waals surface area contributed by atoms with Gasteiger partial charge in [0.05, 0.1) is 0 Å². The fourth-order valence-corrected chi connectivity index (χ4v) is 3.06. The largest absolute Gasteiger partial charge is 0.334 e. The summed E-state index contributed by atoms with van der Waals surface area (Å²) < 4.78 is 1.85. The summed E-state index contributed by atoms with van der Waals surface area (Å²) in [6.45, 7) is 5.08. The molecule has 2 fully saturated rings. The third-order valence-electron chi connectivity index (χ3n) is 4.03. The number of amides is 1. The Morgan fingerprint density at radius 1 is 1.47 bits per heavy atom. The average molecular weight is 233 g/mol. The zero-order valence-electron chi connectivity index (χ0n) is 10.5. The van der Waals surface area contributed by atoms with E-state index in [0.29, 0.717) is 17.8 Å². The van der Waals surface area contributed by atoms with Gasteiger partial charge in [0, 0.05) is 24.8 Å². The summed E-state index contributed by atoms with van der Waals surface area (Å²) in [5.41, 5.74) is 0.603. The molecule has 2 unspecified atom stereocenters. The topological polar surface area (TPSA) is 38.1 Å². The fraction of sp³-hybridized carbons (Fsp3) is 0.692. The first-order chi connectivity index (χ1) is 8.15. The lowest BCUT2D eigenvalue weighted by molar-refractivity contribution is 0.0696. The second kappa shape index (κ2) is 3.86. The minimum atomic E-state index is 0.122. The fourth-order valence-electron chi connectivity index (χ4n) is 3.06. The van der Waals surface area contributed by atoms with Crippen molar-refractivity contribution in [2.45, 2.75) is 45.2 Å². The smallest absolute Gasteiger partial charge is 0.274 e. The lowest BCUT2D eigenvalue weighted by Gasteiger charge is -2.26. The Bertz CT molecular complexity index is 438. The van der Waals surface area contributed by atoms with Gasteiger partial charge in [0.2, 0.25) is 0 Å². The van der Waals surface area contributed by atoms with Gasteiger partial charge in [0.25, 0.3) is 5.91 Å². The lowest BCUT2D eigenvalue weighted by Crippen LogP contribution is -2.37. The van der Waals surface area contributed by atoms with Crippen LogP contribution in [0.2, 0.25) is 0 Å². The summed E-state index contributed by atoms with van der Waals surface area (Å²) in [5, 5.41) is 4.36. The molecule has 1 saturated heterocycles. The number of hydrogen-bond acceptors (Lipinski definition) is 2. The van der Waals surface area contributed by atoms with Crippen molar-refractivity contribution in [1.82, 2.24) is 14.7 Å². The zero-order valence-corrected chi connectivity index (χ0v) is 10.5. The second-order valence-corrected chi connectivity index (χ2v) is 5.57. The van der Waals surface area contributed by atoms with Gasteiger partial charge in [0.1, 0.15) is 5.69 Å². The number of rotatable bonds is 2. The van der Waals surface area contributed by atoms with Gasteiger partial charge in [-0.05, 0) is 45.1 Å². The Hall–Kier alpha value is -1.32. The summed E-state index contributed by atoms with van der Waals surface area (Å²) in [6.07, 6.45) is 5.58. The summed E-state index contributed by atoms with van der Waals surface area (Å²) in [6, 6.07) is 2.64. The molecule has 1 aromatic rings. The number of carbonyl (C=O) groups is 1. The molecule has 4 heteroatoms. The van der Waals surface area contributed by atoms with Crippen LogP contribution in [0.15, 0.2) is 12.3 Å². The van der Waals surface area contributed by atoms with Crippen LogP contribution in [0.25, 0.3) is 0 Å². The van der Waals surface area contributed by atoms with Gasteiger partial charge in [-0.25, -0.2) is 0 Å². The van der Waals surface area contributed by atoms with Crippen molar-refractivity contribution >= 4 is 5.91 Å². The van der Waals surface area contributed by atoms with Gasteiger partial charge in [-0.2, -0.15) is 5.10 Å². The molecule has 2 bridgehead atoms. The SMILES string of the molecule is CC(C)n1ccc(C(=O)N2CC3CCC2C3)n1. The minimum Gasteiger partial charge on any atom is -0.334 e. The van der Waals surface area contributed by atoms with E-state index in [0.717, 1.165) is 12.5 Å². The van der Waals surface area contributed by atoms with E-state index in [1.807, 2.05) is 21.8 Å². The Morgan fingerprint density at radius 2 is 2.29 bits per heavy atom. The third-order valence-corrected chi connectivity index (χ3v) is 4.03. The standard InChI is InChI=1S/C13H19N3O/c1-9(2)16-6-5-12(14-16)13(17)15-8-10-3-4-11(15)7-10/h5-6,9-11H,3-4,7-8H2,1-2H3. The number of aromatic nitrogens is 2. The highest BCUT2D eigenvalue weighted by Crippen LogP contribution is 2.37. The van der Waals surface area contributed by atoms with Crippen LogP contribution in [0.3, 0.4) is 0 Å². The summed E-state index contributed by atoms with van der Waals surface area (Å²) in [5.74, 6) is 0.868. The Morgan fingerprint density at radius 3 is 2.82 bits per heavy atom. The first kappa shape index (κ1) is 10.8. The Labute approximate surface area is 102 Å². The maximum atomic E-state index is 12.3. The van der Waals surface area contributed by atoms with Crippen molar-refractivity contribution in [3.8, 4) is 0 Å². The minimum absolute atomic E-state index is 0.122. The lowest BCUT2D eigenvalue weighted by atomic mass is 10.1. The number of nitrogens with zero attached hydrogens (tertiary/aromatic N) is 3. The van der Waals surface area contributed by atoms with Crippen LogP contribution in [0.1, 0.15) is 49.6 Å². The highest BCUT2D eigenvalue weighted by Gasteiger charge is 2.40. The maximum Gasteiger partial charge on any atom is 0.274 e. The monoisotopic (exact) mass is 233 g/mol. The van der Waals surface area contributed by atoms with Crippen LogP contribution >= 0.6 is 0 Å². The molecule has 2 aliphatic rings. The summed E-state index contributed by atoms with van der Waals surface area (Å²) >= 11 is 0. The molecule has 2 atom stereocenters. The van der Waals surface area contributed by atoms with E-state index in [4.69, 9.17) is 0 Å². The molecule has 0 aromatic carbocycles. The molecule has 4 nitrogen and oxygen atoms in total. The summed E-state index contributed by atoms with van der Waals surface area (Å²) in [4.78, 5) is 14.4. The maximum absolute atomic E-state index is 12.3. The van der Waals surface area contributed by atoms with Crippen molar-refractivity contribution in [3.05, 3.63) is 18.0 Å². The van der Waals surface area contributed by atoms with Crippen molar-refractivity contribution in [1.29, 1.82) is 0 Å². The molecule has 3 rings (SSSR count). The van der Waals surface area contributed by atoms with Crippen LogP contribution in [0.4, 0.5) is 0 Å². The summed E-state index contributed by atoms with van der Waals surface area (Å²) in [7, 11) is 0. The molecular weight excluding hydrogens is 214 g/mol. The molecule has 1 aliphatic carbocycles. The highest BCUT2D eigenvalue weighted by atomic mass is 16.2. The van der Waals surface area contributed by atoms with E-state index in [2.05, 4.69) is 18.9 Å². The molecule has 1 aromatic heterocycles. The molecule has 0 radical (unpaired) electrons. The van der Waals surface area contributed by atoms with Crippen LogP contribution < -0.4 is 0 Å². The molecule has 0 spiro atoms. The Balaban J connectivity index is 1.77. The molecule has 1 saturated carbocycles. The zero-order chi connectivity index (χ0) is 12.0. The van der Waals surface area contributed by atoms with Crippen LogP contribution in [0.5, 0.6) is 0 Å². The number of likely N-dealkylation sites (tertiary alicyclic amines) is 1. The van der Waals surface area contributed by atoms with E-state index in [-0.39, 0.29) is 5.91 Å². The predicted octanol–water partition coefficient (Wildman–Crippen LogP) is 2.09. The van der Waals surface area contributed by atoms with E-state index < -0.39 is 0 Å². The van der Waals surface area contributed by atoms with Crippen LogP contribution in [-0.2, 0) is 0 Å². The first-order valence-electron chi connectivity index (χ1n) is 6.51. The van der Waals surface area contributed by atoms with Crippen molar-refractivity contribution < 1.29 is 4.79 Å². The first-order valence-corrected chi connectivity index (χ1v) is 6.51. The average Bonchev–Trinajstić information content (AvgIpc) is 3.03. The van der Waals surface area contributed by atoms with E-state index in [1.54, 1.807) is 0 Å². The second-order valence-electron chi connectivity index (χ2n) is 5.57. The number of hydrogen-bond donors (Lipinski definition) is 0. The van der Waals surface area contributed by atoms with Crippen LogP contribution in [0, 0.1) is 5.92 Å². The number of carbonyl (C=O) groups excluding carboxylic acids is 1. The van der Waals surface area contributed by atoms with Gasteiger partial charge in [-0.1, -0.05) is 0 Å². The van der Waals surface area contributed by atoms with Crippen molar-refractivity contribution in [2.24, 2.45) is 5.92 Å². The Kier molecular flexibility index (Phi) is 2.45. The van der Waals surface area contributed by atoms with E-state index in [9.17, 15) is 4.79 Å². The molecule has 1 amide bonds. The van der Waals surface area contributed by atoms with Crippen LogP contribution in [-0.4, -0.2) is 33.2 Å². The normalized spacial score (nSPS) is 27.1. The quantitative estimate of drug-likeness (QED) is 0.784. The van der Waals surface area contributed by atoms with Gasteiger partial charge in [-0.15, -0.1) is 0 Å². The van der Waals surface area contributed by atoms with E-state index >= 15 is 0 Å². The molecule has 0 N–H and O–H groups in total. The van der Waals surface area contributed by atoms with Gasteiger partial charge >= 0.3 is 0 Å². The molecule has 17 heavy (non-hydrogen) atoms. The third kappa shape index (κ3) is 1.75. The van der Waals surface area contributed by atoms with E-state index in [1.165, 1.54) is 19.3 Å². The van der Waals surface area contributed by atoms with Gasteiger partial charge in [0.15, 0.2) is 0 Å². The predicted molar refractivity (Wildman–Crippen MR) is 64.8 cm³/mol. The van der Waals surface area contributed by atoms with Crippen molar-refractivity contribution in [2.75, 3.05) is 6.54 Å². The van der Waals surface area contributed by atoms with Crippen molar-refractivity contribution in [3.63, 3.8) is 0 Å². The number of fused-ring (bicyclic) bond motifs is 2. The molecular formula is C13H19N3O. The van der Waals surface area contributed by atoms with Gasteiger partial charge < -0.3 is 4.90 Å². The molecule has 92 valence electrons. The highest BCUT2D eigenvalue weighted by molar-refractivity contribution is 5.92. The number of piperidine rings is 1. The molecule has 2 heterocycles.